The van der Waals surface area contributed by atoms with Crippen LogP contribution >= 0.6 is 26.6 Å². The molecule has 0 heterocycles. The Kier molecular flexibility index (Phi) is 4.34. The lowest BCUT2D eigenvalue weighted by atomic mass is 10.2. The number of amides is 1. The van der Waals surface area contributed by atoms with Gasteiger partial charge in [0, 0.05) is 15.2 Å². The molecule has 0 atom stereocenters. The molecule has 1 amide bonds. The van der Waals surface area contributed by atoms with E-state index in [2.05, 4.69) is 20.7 Å². The van der Waals surface area contributed by atoms with Gasteiger partial charge in [-0.25, -0.2) is 9.52 Å². The fourth-order valence-electron chi connectivity index (χ4n) is 0.899. The second-order valence-electron chi connectivity index (χ2n) is 2.68. The highest BCUT2D eigenvalue weighted by molar-refractivity contribution is 9.10. The van der Waals surface area contributed by atoms with Crippen molar-refractivity contribution in [3.63, 3.8) is 0 Å². The first kappa shape index (κ1) is 13.8. The SMILES string of the molecule is N#Cc1cc(Br)ccc1OC(=O)NS(=O)(=O)Cl. The normalized spacial score (nSPS) is 10.4. The molecular weight excluding hydrogens is 336 g/mol. The number of nitrogens with zero attached hydrogens (tertiary/aromatic N) is 1. The van der Waals surface area contributed by atoms with Gasteiger partial charge in [-0.3, -0.25) is 0 Å². The maximum Gasteiger partial charge on any atom is 0.427 e. The Labute approximate surface area is 110 Å². The highest BCUT2D eigenvalue weighted by atomic mass is 79.9. The highest BCUT2D eigenvalue weighted by Crippen LogP contribution is 2.22. The van der Waals surface area contributed by atoms with Gasteiger partial charge in [0.05, 0.1) is 5.56 Å². The molecule has 0 spiro atoms. The number of halogens is 2. The van der Waals surface area contributed by atoms with E-state index in [1.165, 1.54) is 22.9 Å². The highest BCUT2D eigenvalue weighted by Gasteiger charge is 2.14. The summed E-state index contributed by atoms with van der Waals surface area (Å²) in [7, 11) is 0.565. The molecule has 0 bridgehead atoms. The van der Waals surface area contributed by atoms with Gasteiger partial charge < -0.3 is 4.74 Å². The van der Waals surface area contributed by atoms with Crippen molar-refractivity contribution >= 4 is 41.9 Å². The van der Waals surface area contributed by atoms with Crippen molar-refractivity contribution in [2.24, 2.45) is 0 Å². The van der Waals surface area contributed by atoms with Crippen LogP contribution in [-0.4, -0.2) is 14.5 Å². The Morgan fingerprint density at radius 1 is 1.53 bits per heavy atom. The zero-order valence-corrected chi connectivity index (χ0v) is 11.1. The molecule has 0 aliphatic carbocycles. The quantitative estimate of drug-likeness (QED) is 0.830. The van der Waals surface area contributed by atoms with Gasteiger partial charge in [0.25, 0.3) is 0 Å². The van der Waals surface area contributed by atoms with Crippen molar-refractivity contribution < 1.29 is 17.9 Å². The third kappa shape index (κ3) is 4.60. The molecule has 0 aliphatic rings. The molecule has 0 radical (unpaired) electrons. The van der Waals surface area contributed by atoms with Gasteiger partial charge in [-0.05, 0) is 18.2 Å². The van der Waals surface area contributed by atoms with E-state index in [0.717, 1.165) is 0 Å². The van der Waals surface area contributed by atoms with Gasteiger partial charge in [-0.15, -0.1) is 0 Å². The first-order chi connectivity index (χ1) is 7.81. The minimum atomic E-state index is -4.22. The zero-order chi connectivity index (χ0) is 13.1. The van der Waals surface area contributed by atoms with Crippen molar-refractivity contribution in [1.29, 1.82) is 5.26 Å². The van der Waals surface area contributed by atoms with E-state index >= 15 is 0 Å². The van der Waals surface area contributed by atoms with Gasteiger partial charge in [0.15, 0.2) is 5.75 Å². The second-order valence-corrected chi connectivity index (χ2v) is 5.90. The topological polar surface area (TPSA) is 96.3 Å². The van der Waals surface area contributed by atoms with E-state index in [1.54, 1.807) is 6.07 Å². The Morgan fingerprint density at radius 3 is 2.71 bits per heavy atom. The van der Waals surface area contributed by atoms with Gasteiger partial charge in [0.1, 0.15) is 6.07 Å². The summed E-state index contributed by atoms with van der Waals surface area (Å²) < 4.78 is 27.7. The third-order valence-electron chi connectivity index (χ3n) is 1.47. The number of carbonyl (C=O) groups excluding carboxylic acids is 1. The molecular formula is C8H4BrClN2O4S. The number of benzene rings is 1. The number of ether oxygens (including phenoxy) is 1. The Hall–Kier alpha value is -1.30. The summed E-state index contributed by atoms with van der Waals surface area (Å²) >= 11 is 3.13. The summed E-state index contributed by atoms with van der Waals surface area (Å²) in [5, 5.41) is 8.76. The summed E-state index contributed by atoms with van der Waals surface area (Å²) in [6, 6.07) is 6.06. The van der Waals surface area contributed by atoms with Gasteiger partial charge in [0.2, 0.25) is 0 Å². The minimum Gasteiger partial charge on any atom is -0.408 e. The molecule has 0 aliphatic heterocycles. The predicted octanol–water partition coefficient (Wildman–Crippen LogP) is 1.89. The van der Waals surface area contributed by atoms with Gasteiger partial charge in [-0.2, -0.15) is 13.7 Å². The molecule has 0 fully saturated rings. The van der Waals surface area contributed by atoms with Crippen molar-refractivity contribution in [1.82, 2.24) is 4.72 Å². The summed E-state index contributed by atoms with van der Waals surface area (Å²) in [6.07, 6.45) is -1.29. The van der Waals surface area contributed by atoms with Gasteiger partial charge in [-0.1, -0.05) is 15.9 Å². The molecule has 0 saturated carbocycles. The van der Waals surface area contributed by atoms with Gasteiger partial charge >= 0.3 is 15.3 Å². The summed E-state index contributed by atoms with van der Waals surface area (Å²) in [6.45, 7) is 0. The monoisotopic (exact) mass is 338 g/mol. The van der Waals surface area contributed by atoms with E-state index in [4.69, 9.17) is 15.9 Å². The van der Waals surface area contributed by atoms with E-state index in [1.807, 2.05) is 0 Å². The van der Waals surface area contributed by atoms with Crippen LogP contribution in [0.5, 0.6) is 5.75 Å². The number of rotatable bonds is 2. The maximum absolute atomic E-state index is 11.1. The van der Waals surface area contributed by atoms with Crippen molar-refractivity contribution in [2.45, 2.75) is 0 Å². The third-order valence-corrected chi connectivity index (χ3v) is 2.61. The maximum atomic E-state index is 11.1. The van der Waals surface area contributed by atoms with E-state index in [-0.39, 0.29) is 11.3 Å². The van der Waals surface area contributed by atoms with Crippen LogP contribution in [0.1, 0.15) is 5.56 Å². The van der Waals surface area contributed by atoms with Crippen LogP contribution in [0.2, 0.25) is 0 Å². The molecule has 1 N–H and O–H groups in total. The Balaban J connectivity index is 2.90. The Bertz CT molecular complexity index is 596. The molecule has 17 heavy (non-hydrogen) atoms. The molecule has 0 unspecified atom stereocenters. The van der Waals surface area contributed by atoms with Crippen molar-refractivity contribution in [2.75, 3.05) is 0 Å². The minimum absolute atomic E-state index is 0.0708. The van der Waals surface area contributed by atoms with E-state index in [0.29, 0.717) is 4.47 Å². The summed E-state index contributed by atoms with van der Waals surface area (Å²) in [4.78, 5) is 11.1. The molecule has 1 aromatic carbocycles. The molecule has 0 saturated heterocycles. The molecule has 0 aromatic heterocycles. The second kappa shape index (κ2) is 5.35. The van der Waals surface area contributed by atoms with Crippen molar-refractivity contribution in [3.05, 3.63) is 28.2 Å². The average Bonchev–Trinajstić information content (AvgIpc) is 2.17. The lowest BCUT2D eigenvalue weighted by Gasteiger charge is -2.05. The zero-order valence-electron chi connectivity index (χ0n) is 7.98. The largest absolute Gasteiger partial charge is 0.427 e. The van der Waals surface area contributed by atoms with Crippen molar-refractivity contribution in [3.8, 4) is 11.8 Å². The fraction of sp³-hybridized carbons (Fsp3) is 0. The molecule has 6 nitrogen and oxygen atoms in total. The molecule has 90 valence electrons. The van der Waals surface area contributed by atoms with Crippen LogP contribution in [0, 0.1) is 11.3 Å². The van der Waals surface area contributed by atoms with Crippen LogP contribution in [-0.2, 0) is 9.24 Å². The first-order valence-corrected chi connectivity index (χ1v) is 7.06. The molecule has 1 aromatic rings. The smallest absolute Gasteiger partial charge is 0.408 e. The Morgan fingerprint density at radius 2 is 2.18 bits per heavy atom. The number of carbonyl (C=O) groups is 1. The number of nitriles is 1. The molecule has 9 heteroatoms. The summed E-state index contributed by atoms with van der Waals surface area (Å²) in [5.74, 6) is -0.0754. The van der Waals surface area contributed by atoms with Crippen LogP contribution in [0.3, 0.4) is 0 Å². The van der Waals surface area contributed by atoms with Crippen LogP contribution in [0.25, 0.3) is 0 Å². The van der Waals surface area contributed by atoms with Crippen LogP contribution in [0.4, 0.5) is 4.79 Å². The number of hydrogen-bond donors (Lipinski definition) is 1. The van der Waals surface area contributed by atoms with Crippen LogP contribution < -0.4 is 9.46 Å². The molecule has 1 rings (SSSR count). The fourth-order valence-corrected chi connectivity index (χ4v) is 1.69. The first-order valence-electron chi connectivity index (χ1n) is 3.95. The number of hydrogen-bond acceptors (Lipinski definition) is 5. The average molecular weight is 340 g/mol. The van der Waals surface area contributed by atoms with E-state index < -0.39 is 15.3 Å². The van der Waals surface area contributed by atoms with Crippen LogP contribution in [0.15, 0.2) is 22.7 Å². The number of nitrogens with one attached hydrogen (secondary N) is 1. The lowest BCUT2D eigenvalue weighted by Crippen LogP contribution is -2.29. The lowest BCUT2D eigenvalue weighted by molar-refractivity contribution is 0.207. The standard InChI is InChI=1S/C8H4BrClN2O4S/c9-6-1-2-7(5(3-6)4-11)16-8(13)12-17(10,14)15/h1-3H,(H,12,13). The summed E-state index contributed by atoms with van der Waals surface area (Å²) in [5.41, 5.74) is 0.0708. The van der Waals surface area contributed by atoms with E-state index in [9.17, 15) is 13.2 Å². The predicted molar refractivity (Wildman–Crippen MR) is 62.8 cm³/mol.